The molecular formula is C20H21F3N4O3S2. The Morgan fingerprint density at radius 1 is 1.09 bits per heavy atom. The molecule has 0 saturated carbocycles. The first-order chi connectivity index (χ1) is 15.0. The lowest BCUT2D eigenvalue weighted by Gasteiger charge is -2.15. The molecule has 0 aliphatic rings. The van der Waals surface area contributed by atoms with Crippen molar-refractivity contribution in [1.29, 1.82) is 0 Å². The maximum Gasteiger partial charge on any atom is 0.573 e. The van der Waals surface area contributed by atoms with Crippen LogP contribution in [0.25, 0.3) is 0 Å². The number of alkyl halides is 3. The molecule has 0 aromatic heterocycles. The molecule has 0 radical (unpaired) electrons. The third-order valence-electron chi connectivity index (χ3n) is 3.91. The number of halogens is 3. The third kappa shape index (κ3) is 9.43. The highest BCUT2D eigenvalue weighted by Gasteiger charge is 2.31. The fourth-order valence-corrected chi connectivity index (χ4v) is 3.01. The number of carbonyl (C=O) groups is 2. The van der Waals surface area contributed by atoms with Crippen molar-refractivity contribution >= 4 is 53.0 Å². The van der Waals surface area contributed by atoms with Crippen molar-refractivity contribution in [2.45, 2.75) is 31.5 Å². The molecule has 7 nitrogen and oxygen atoms in total. The first-order valence-corrected chi connectivity index (χ1v) is 10.2. The van der Waals surface area contributed by atoms with E-state index in [0.29, 0.717) is 5.69 Å². The number of Topliss-reactive ketones (excluding diaryl/α,β-unsaturated/α-hetero) is 1. The molecule has 0 bridgehead atoms. The van der Waals surface area contributed by atoms with E-state index in [0.717, 1.165) is 23.4 Å². The molecule has 0 aliphatic heterocycles. The number of hydrogen-bond donors (Lipinski definition) is 5. The number of anilines is 2. The number of thiol groups is 1. The molecule has 0 heterocycles. The third-order valence-corrected chi connectivity index (χ3v) is 4.42. The molecule has 0 fully saturated rings. The van der Waals surface area contributed by atoms with E-state index in [4.69, 9.17) is 12.2 Å². The van der Waals surface area contributed by atoms with Crippen molar-refractivity contribution in [2.24, 2.45) is 0 Å². The van der Waals surface area contributed by atoms with E-state index >= 15 is 0 Å². The van der Waals surface area contributed by atoms with Crippen LogP contribution in [-0.2, 0) is 9.59 Å². The SMILES string of the molecule is Cc1ccccc1NC(=S)NNC(=O)CC(=O)CC(S)Nc1ccc(OC(F)(F)F)cc1. The summed E-state index contributed by atoms with van der Waals surface area (Å²) in [5.41, 5.74) is 7.03. The Morgan fingerprint density at radius 2 is 1.75 bits per heavy atom. The van der Waals surface area contributed by atoms with Crippen LogP contribution in [0.5, 0.6) is 5.75 Å². The van der Waals surface area contributed by atoms with Crippen LogP contribution < -0.4 is 26.2 Å². The van der Waals surface area contributed by atoms with E-state index in [1.165, 1.54) is 12.1 Å². The molecular weight excluding hydrogens is 465 g/mol. The largest absolute Gasteiger partial charge is 0.573 e. The maximum atomic E-state index is 12.2. The lowest BCUT2D eigenvalue weighted by atomic mass is 10.2. The van der Waals surface area contributed by atoms with Crippen LogP contribution in [0.4, 0.5) is 24.5 Å². The smallest absolute Gasteiger partial charge is 0.406 e. The normalized spacial score (nSPS) is 11.8. The van der Waals surface area contributed by atoms with Gasteiger partial charge in [-0.25, -0.2) is 0 Å². The molecule has 2 aromatic rings. The molecule has 1 unspecified atom stereocenters. The lowest BCUT2D eigenvalue weighted by molar-refractivity contribution is -0.274. The molecule has 0 saturated heterocycles. The van der Waals surface area contributed by atoms with Crippen LogP contribution in [0.15, 0.2) is 48.5 Å². The quantitative estimate of drug-likeness (QED) is 0.127. The average molecular weight is 487 g/mol. The number of rotatable bonds is 8. The number of hydrazine groups is 1. The second-order valence-corrected chi connectivity index (χ2v) is 7.63. The highest BCUT2D eigenvalue weighted by Crippen LogP contribution is 2.24. The van der Waals surface area contributed by atoms with Gasteiger partial charge in [0.15, 0.2) is 5.11 Å². The van der Waals surface area contributed by atoms with E-state index in [2.05, 4.69) is 38.9 Å². The summed E-state index contributed by atoms with van der Waals surface area (Å²) in [6.07, 6.45) is -5.27. The molecule has 2 aromatic carbocycles. The van der Waals surface area contributed by atoms with Gasteiger partial charge < -0.3 is 15.4 Å². The van der Waals surface area contributed by atoms with E-state index in [-0.39, 0.29) is 17.3 Å². The van der Waals surface area contributed by atoms with Gasteiger partial charge in [0.05, 0.1) is 11.8 Å². The Morgan fingerprint density at radius 3 is 2.38 bits per heavy atom. The van der Waals surface area contributed by atoms with Crippen molar-refractivity contribution < 1.29 is 27.5 Å². The molecule has 1 atom stereocenters. The number of nitrogens with one attached hydrogen (secondary N) is 4. The number of benzene rings is 2. The molecule has 4 N–H and O–H groups in total. The number of amides is 1. The second kappa shape index (κ2) is 11.6. The minimum absolute atomic E-state index is 0.0940. The van der Waals surface area contributed by atoms with Gasteiger partial charge in [-0.3, -0.25) is 20.4 Å². The zero-order valence-electron chi connectivity index (χ0n) is 16.8. The van der Waals surface area contributed by atoms with Gasteiger partial charge in [0.2, 0.25) is 5.91 Å². The van der Waals surface area contributed by atoms with Crippen LogP contribution in [-0.4, -0.2) is 28.5 Å². The fourth-order valence-electron chi connectivity index (χ4n) is 2.50. The summed E-state index contributed by atoms with van der Waals surface area (Å²) in [5.74, 6) is -1.35. The number of ether oxygens (including phenoxy) is 1. The van der Waals surface area contributed by atoms with Gasteiger partial charge in [0, 0.05) is 17.8 Å². The molecule has 2 rings (SSSR count). The van der Waals surface area contributed by atoms with E-state index < -0.39 is 29.8 Å². The first-order valence-electron chi connectivity index (χ1n) is 9.25. The van der Waals surface area contributed by atoms with E-state index in [1.54, 1.807) is 0 Å². The van der Waals surface area contributed by atoms with Crippen LogP contribution in [0.2, 0.25) is 0 Å². The maximum absolute atomic E-state index is 12.2. The van der Waals surface area contributed by atoms with Crippen molar-refractivity contribution in [1.82, 2.24) is 10.9 Å². The first kappa shape index (κ1) is 25.3. The molecule has 0 spiro atoms. The summed E-state index contributed by atoms with van der Waals surface area (Å²) >= 11 is 9.32. The van der Waals surface area contributed by atoms with E-state index in [1.807, 2.05) is 31.2 Å². The molecule has 32 heavy (non-hydrogen) atoms. The Hall–Kier alpha value is -2.99. The summed E-state index contributed by atoms with van der Waals surface area (Å²) in [6, 6.07) is 12.4. The molecule has 12 heteroatoms. The predicted molar refractivity (Wildman–Crippen MR) is 122 cm³/mol. The van der Waals surface area contributed by atoms with Crippen LogP contribution >= 0.6 is 24.8 Å². The van der Waals surface area contributed by atoms with Gasteiger partial charge in [-0.15, -0.1) is 13.2 Å². The Kier molecular flexibility index (Phi) is 9.14. The van der Waals surface area contributed by atoms with Gasteiger partial charge in [0.1, 0.15) is 11.5 Å². The summed E-state index contributed by atoms with van der Waals surface area (Å²) < 4.78 is 40.3. The number of ketones is 1. The number of carbonyl (C=O) groups excluding carboxylic acids is 2. The molecule has 0 aliphatic carbocycles. The van der Waals surface area contributed by atoms with Gasteiger partial charge in [-0.2, -0.15) is 12.6 Å². The van der Waals surface area contributed by atoms with Crippen molar-refractivity contribution in [3.05, 3.63) is 54.1 Å². The Labute approximate surface area is 193 Å². The molecule has 172 valence electrons. The van der Waals surface area contributed by atoms with Crippen molar-refractivity contribution in [3.63, 3.8) is 0 Å². The van der Waals surface area contributed by atoms with Gasteiger partial charge in [0.25, 0.3) is 0 Å². The van der Waals surface area contributed by atoms with Crippen LogP contribution in [0, 0.1) is 6.92 Å². The second-order valence-electron chi connectivity index (χ2n) is 6.59. The van der Waals surface area contributed by atoms with Gasteiger partial charge in [-0.05, 0) is 55.0 Å². The Bertz CT molecular complexity index is 956. The van der Waals surface area contributed by atoms with Gasteiger partial charge >= 0.3 is 6.36 Å². The Balaban J connectivity index is 1.71. The van der Waals surface area contributed by atoms with Gasteiger partial charge in [-0.1, -0.05) is 18.2 Å². The number of para-hydroxylation sites is 1. The predicted octanol–water partition coefficient (Wildman–Crippen LogP) is 3.93. The number of aryl methyl sites for hydroxylation is 1. The van der Waals surface area contributed by atoms with Crippen molar-refractivity contribution in [3.8, 4) is 5.75 Å². The monoisotopic (exact) mass is 486 g/mol. The van der Waals surface area contributed by atoms with Crippen LogP contribution in [0.3, 0.4) is 0 Å². The number of hydrogen-bond acceptors (Lipinski definition) is 6. The standard InChI is InChI=1S/C20H21F3N4O3S2/c1-12-4-2-3-5-16(12)25-19(32)27-26-17(29)10-14(28)11-18(31)24-13-6-8-15(9-7-13)30-20(21,22)23/h2-9,18,24,31H,10-11H2,1H3,(H,26,29)(H2,25,27,32). The summed E-state index contributed by atoms with van der Waals surface area (Å²) in [5, 5.41) is 5.28. The molecule has 1 amide bonds. The fraction of sp³-hybridized carbons (Fsp3) is 0.250. The van der Waals surface area contributed by atoms with Crippen molar-refractivity contribution in [2.75, 3.05) is 10.6 Å². The van der Waals surface area contributed by atoms with Crippen LogP contribution in [0.1, 0.15) is 18.4 Å². The highest BCUT2D eigenvalue weighted by atomic mass is 32.1. The zero-order chi connectivity index (χ0) is 23.7. The zero-order valence-corrected chi connectivity index (χ0v) is 18.5. The van der Waals surface area contributed by atoms with E-state index in [9.17, 15) is 22.8 Å². The highest BCUT2D eigenvalue weighted by molar-refractivity contribution is 7.81. The topological polar surface area (TPSA) is 91.5 Å². The summed E-state index contributed by atoms with van der Waals surface area (Å²) in [7, 11) is 0. The summed E-state index contributed by atoms with van der Waals surface area (Å²) in [6.45, 7) is 1.90. The summed E-state index contributed by atoms with van der Waals surface area (Å²) in [4.78, 5) is 24.0. The average Bonchev–Trinajstić information content (AvgIpc) is 2.68. The number of thiocarbonyl (C=S) groups is 1. The lowest BCUT2D eigenvalue weighted by Crippen LogP contribution is -2.44. The minimum Gasteiger partial charge on any atom is -0.406 e. The minimum atomic E-state index is -4.77.